The molecule has 1 aromatic carbocycles. The minimum Gasteiger partial charge on any atom is -0.487 e. The van der Waals surface area contributed by atoms with E-state index < -0.39 is 24.9 Å². The van der Waals surface area contributed by atoms with Crippen LogP contribution in [0.1, 0.15) is 10.4 Å². The van der Waals surface area contributed by atoms with E-state index in [1.807, 2.05) is 0 Å². The van der Waals surface area contributed by atoms with Gasteiger partial charge in [0.05, 0.1) is 12.7 Å². The second-order valence-corrected chi connectivity index (χ2v) is 3.37. The third-order valence-corrected chi connectivity index (χ3v) is 2.03. The molecule has 0 saturated carbocycles. The highest BCUT2D eigenvalue weighted by Gasteiger charge is 2.41. The molecule has 0 spiro atoms. The van der Waals surface area contributed by atoms with E-state index in [0.29, 0.717) is 0 Å². The number of methoxy groups -OCH3 is 1. The first kappa shape index (κ1) is 14.3. The van der Waals surface area contributed by atoms with Crippen LogP contribution in [0, 0.1) is 0 Å². The van der Waals surface area contributed by atoms with Crippen molar-refractivity contribution in [3.05, 3.63) is 29.8 Å². The molecule has 18 heavy (non-hydrogen) atoms. The molecule has 1 rings (SSSR count). The van der Waals surface area contributed by atoms with Gasteiger partial charge in [0.1, 0.15) is 5.75 Å². The van der Waals surface area contributed by atoms with E-state index in [1.54, 1.807) is 0 Å². The lowest BCUT2D eigenvalue weighted by Crippen LogP contribution is -2.33. The van der Waals surface area contributed by atoms with Crippen LogP contribution in [0.15, 0.2) is 24.3 Å². The summed E-state index contributed by atoms with van der Waals surface area (Å²) in [4.78, 5) is 11.0. The highest BCUT2D eigenvalue weighted by molar-refractivity contribution is 5.89. The number of carbonyl (C=O) groups excluding carboxylic acids is 1. The van der Waals surface area contributed by atoms with Gasteiger partial charge in [0, 0.05) is 0 Å². The molecular weight excluding hydrogens is 256 g/mol. The Balaban J connectivity index is 2.62. The number of hydrogen-bond donors (Lipinski definition) is 0. The lowest BCUT2D eigenvalue weighted by atomic mass is 10.2. The van der Waals surface area contributed by atoms with Crippen LogP contribution in [0.5, 0.6) is 5.75 Å². The second kappa shape index (κ2) is 5.70. The summed E-state index contributed by atoms with van der Waals surface area (Å²) in [5.41, 5.74) is 0.200. The predicted molar refractivity (Wildman–Crippen MR) is 54.2 cm³/mol. The van der Waals surface area contributed by atoms with Crippen LogP contribution in [0.25, 0.3) is 0 Å². The van der Waals surface area contributed by atoms with Gasteiger partial charge in [-0.1, -0.05) is 0 Å². The van der Waals surface area contributed by atoms with Crippen LogP contribution >= 0.6 is 0 Å². The molecule has 1 aromatic rings. The fourth-order valence-electron chi connectivity index (χ4n) is 1.05. The molecule has 100 valence electrons. The number of benzene rings is 1. The first-order valence-corrected chi connectivity index (χ1v) is 4.84. The summed E-state index contributed by atoms with van der Waals surface area (Å²) in [6.07, 6.45) is -3.79. The highest BCUT2D eigenvalue weighted by Crippen LogP contribution is 2.24. The average molecular weight is 266 g/mol. The maximum absolute atomic E-state index is 12.5. The Morgan fingerprint density at radius 3 is 2.28 bits per heavy atom. The Bertz CT molecular complexity index is 403. The van der Waals surface area contributed by atoms with Gasteiger partial charge >= 0.3 is 18.3 Å². The molecule has 0 aliphatic rings. The molecule has 0 atom stereocenters. The summed E-state index contributed by atoms with van der Waals surface area (Å²) in [5.74, 6) is -4.84. The van der Waals surface area contributed by atoms with Crippen molar-refractivity contribution in [3.63, 3.8) is 0 Å². The van der Waals surface area contributed by atoms with Gasteiger partial charge in [-0.25, -0.2) is 13.6 Å². The summed E-state index contributed by atoms with van der Waals surface area (Å²) in [6.45, 7) is -1.43. The zero-order valence-electron chi connectivity index (χ0n) is 9.33. The number of alkyl halides is 4. The van der Waals surface area contributed by atoms with Gasteiger partial charge < -0.3 is 9.47 Å². The van der Waals surface area contributed by atoms with Crippen molar-refractivity contribution >= 4 is 5.97 Å². The molecule has 0 fully saturated rings. The summed E-state index contributed by atoms with van der Waals surface area (Å²) in [5, 5.41) is 0. The Labute approximate surface area is 100 Å². The molecule has 7 heteroatoms. The predicted octanol–water partition coefficient (Wildman–Crippen LogP) is 2.75. The van der Waals surface area contributed by atoms with Gasteiger partial charge in [-0.2, -0.15) is 8.78 Å². The minimum absolute atomic E-state index is 0.0389. The number of esters is 1. The van der Waals surface area contributed by atoms with Crippen LogP contribution in [-0.4, -0.2) is 32.0 Å². The van der Waals surface area contributed by atoms with Gasteiger partial charge in [0.25, 0.3) is 0 Å². The van der Waals surface area contributed by atoms with Gasteiger partial charge in [-0.15, -0.1) is 0 Å². The molecular formula is C11H10F4O3. The van der Waals surface area contributed by atoms with Gasteiger partial charge in [-0.05, 0) is 24.3 Å². The number of halogens is 4. The van der Waals surface area contributed by atoms with Crippen molar-refractivity contribution in [2.45, 2.75) is 12.3 Å². The van der Waals surface area contributed by atoms with E-state index in [1.165, 1.54) is 31.4 Å². The minimum atomic E-state index is -4.21. The molecule has 0 heterocycles. The SMILES string of the molecule is COC(=O)c1ccc(OCC(F)(F)C(F)F)cc1. The number of hydrogen-bond acceptors (Lipinski definition) is 3. The van der Waals surface area contributed by atoms with Crippen LogP contribution < -0.4 is 4.74 Å². The first-order chi connectivity index (χ1) is 8.36. The largest absolute Gasteiger partial charge is 0.487 e. The van der Waals surface area contributed by atoms with Crippen molar-refractivity contribution in [3.8, 4) is 5.75 Å². The van der Waals surface area contributed by atoms with Crippen LogP contribution in [0.4, 0.5) is 17.6 Å². The Morgan fingerprint density at radius 1 is 1.28 bits per heavy atom. The Hall–Kier alpha value is -1.79. The quantitative estimate of drug-likeness (QED) is 0.607. The third kappa shape index (κ3) is 3.61. The molecule has 0 saturated heterocycles. The van der Waals surface area contributed by atoms with Crippen molar-refractivity contribution in [1.82, 2.24) is 0 Å². The standard InChI is InChI=1S/C11H10F4O3/c1-17-9(16)7-2-4-8(5-3-7)18-6-11(14,15)10(12)13/h2-5,10H,6H2,1H3. The van der Waals surface area contributed by atoms with E-state index in [9.17, 15) is 22.4 Å². The van der Waals surface area contributed by atoms with Crippen molar-refractivity contribution in [2.75, 3.05) is 13.7 Å². The number of rotatable bonds is 5. The smallest absolute Gasteiger partial charge is 0.340 e. The van der Waals surface area contributed by atoms with Crippen molar-refractivity contribution in [1.29, 1.82) is 0 Å². The van der Waals surface area contributed by atoms with E-state index in [2.05, 4.69) is 9.47 Å². The Kier molecular flexibility index (Phi) is 4.52. The number of ether oxygens (including phenoxy) is 2. The van der Waals surface area contributed by atoms with Crippen molar-refractivity contribution < 1.29 is 31.8 Å². The van der Waals surface area contributed by atoms with Crippen LogP contribution in [0.3, 0.4) is 0 Å². The van der Waals surface area contributed by atoms with Crippen LogP contribution in [-0.2, 0) is 4.74 Å². The van der Waals surface area contributed by atoms with Crippen molar-refractivity contribution in [2.24, 2.45) is 0 Å². The zero-order valence-corrected chi connectivity index (χ0v) is 9.33. The van der Waals surface area contributed by atoms with E-state index in [0.717, 1.165) is 0 Å². The summed E-state index contributed by atoms with van der Waals surface area (Å²) >= 11 is 0. The molecule has 0 aliphatic heterocycles. The second-order valence-electron chi connectivity index (χ2n) is 3.37. The molecule has 0 radical (unpaired) electrons. The third-order valence-electron chi connectivity index (χ3n) is 2.03. The molecule has 0 bridgehead atoms. The van der Waals surface area contributed by atoms with Gasteiger partial charge in [0.2, 0.25) is 0 Å². The topological polar surface area (TPSA) is 35.5 Å². The maximum atomic E-state index is 12.5. The lowest BCUT2D eigenvalue weighted by Gasteiger charge is -2.15. The van der Waals surface area contributed by atoms with Gasteiger partial charge in [0.15, 0.2) is 6.61 Å². The normalized spacial score (nSPS) is 11.4. The lowest BCUT2D eigenvalue weighted by molar-refractivity contribution is -0.148. The zero-order chi connectivity index (χ0) is 13.8. The average Bonchev–Trinajstić information content (AvgIpc) is 2.36. The summed E-state index contributed by atoms with van der Waals surface area (Å²) in [6, 6.07) is 4.99. The molecule has 0 aromatic heterocycles. The first-order valence-electron chi connectivity index (χ1n) is 4.84. The summed E-state index contributed by atoms with van der Waals surface area (Å²) in [7, 11) is 1.19. The fraction of sp³-hybridized carbons (Fsp3) is 0.364. The van der Waals surface area contributed by atoms with Gasteiger partial charge in [-0.3, -0.25) is 0 Å². The molecule has 0 aliphatic carbocycles. The highest BCUT2D eigenvalue weighted by atomic mass is 19.3. The molecule has 0 unspecified atom stereocenters. The maximum Gasteiger partial charge on any atom is 0.340 e. The molecule has 3 nitrogen and oxygen atoms in total. The molecule has 0 N–H and O–H groups in total. The summed E-state index contributed by atoms with van der Waals surface area (Å²) < 4.78 is 57.7. The van der Waals surface area contributed by atoms with Crippen LogP contribution in [0.2, 0.25) is 0 Å². The van der Waals surface area contributed by atoms with E-state index in [4.69, 9.17) is 0 Å². The monoisotopic (exact) mass is 266 g/mol. The molecule has 0 amide bonds. The Morgan fingerprint density at radius 2 is 1.83 bits per heavy atom. The van der Waals surface area contributed by atoms with E-state index in [-0.39, 0.29) is 11.3 Å². The number of carbonyl (C=O) groups is 1. The van der Waals surface area contributed by atoms with E-state index >= 15 is 0 Å². The fourth-order valence-corrected chi connectivity index (χ4v) is 1.05.